The first-order chi connectivity index (χ1) is 15.6. The smallest absolute Gasteiger partial charge is 0.313 e. The van der Waals surface area contributed by atoms with E-state index in [1.165, 1.54) is 0 Å². The van der Waals surface area contributed by atoms with Crippen LogP contribution in [0.1, 0.15) is 41.2 Å². The van der Waals surface area contributed by atoms with Crippen LogP contribution in [0.4, 0.5) is 5.69 Å². The fourth-order valence-corrected chi connectivity index (χ4v) is 3.72. The van der Waals surface area contributed by atoms with Crippen molar-refractivity contribution >= 4 is 23.5 Å². The Kier molecular flexibility index (Phi) is 6.60. The van der Waals surface area contributed by atoms with Gasteiger partial charge < -0.3 is 15.0 Å². The Balaban J connectivity index is 1.43. The van der Waals surface area contributed by atoms with Gasteiger partial charge in [0.25, 0.3) is 5.91 Å². The van der Waals surface area contributed by atoms with Crippen LogP contribution < -0.4 is 15.0 Å². The van der Waals surface area contributed by atoms with E-state index in [9.17, 15) is 14.4 Å². The van der Waals surface area contributed by atoms with Crippen LogP contribution in [0.25, 0.3) is 0 Å². The highest BCUT2D eigenvalue weighted by Crippen LogP contribution is 2.25. The van der Waals surface area contributed by atoms with Crippen molar-refractivity contribution in [2.24, 2.45) is 0 Å². The summed E-state index contributed by atoms with van der Waals surface area (Å²) in [5.74, 6) is -0.217. The fraction of sp³-hybridized carbons (Fsp3) is 0.192. The highest BCUT2D eigenvalue weighted by Gasteiger charge is 2.23. The highest BCUT2D eigenvalue weighted by atomic mass is 16.5. The molecule has 0 aliphatic carbocycles. The summed E-state index contributed by atoms with van der Waals surface area (Å²) < 4.78 is 5.50. The van der Waals surface area contributed by atoms with E-state index < -0.39 is 12.0 Å². The van der Waals surface area contributed by atoms with Gasteiger partial charge in [-0.15, -0.1) is 0 Å². The minimum Gasteiger partial charge on any atom is -0.426 e. The average Bonchev–Trinajstić information content (AvgIpc) is 3.26. The molecule has 0 saturated carbocycles. The summed E-state index contributed by atoms with van der Waals surface area (Å²) in [6, 6.07) is 24.6. The number of esters is 1. The van der Waals surface area contributed by atoms with E-state index in [4.69, 9.17) is 4.74 Å². The van der Waals surface area contributed by atoms with Crippen molar-refractivity contribution in [1.82, 2.24) is 5.32 Å². The van der Waals surface area contributed by atoms with Gasteiger partial charge in [0.1, 0.15) is 5.75 Å². The van der Waals surface area contributed by atoms with Crippen molar-refractivity contribution in [2.45, 2.75) is 25.3 Å². The third-order valence-corrected chi connectivity index (χ3v) is 5.37. The van der Waals surface area contributed by atoms with Crippen molar-refractivity contribution in [3.63, 3.8) is 0 Å². The quantitative estimate of drug-likeness (QED) is 0.450. The molecule has 1 aliphatic rings. The van der Waals surface area contributed by atoms with Crippen LogP contribution in [-0.4, -0.2) is 24.3 Å². The molecular weight excluding hydrogens is 404 g/mol. The Morgan fingerprint density at radius 2 is 1.56 bits per heavy atom. The zero-order chi connectivity index (χ0) is 22.3. The molecule has 6 heteroatoms. The van der Waals surface area contributed by atoms with E-state index in [-0.39, 0.29) is 18.2 Å². The highest BCUT2D eigenvalue weighted by molar-refractivity contribution is 5.95. The van der Waals surface area contributed by atoms with Gasteiger partial charge in [-0.3, -0.25) is 14.4 Å². The summed E-state index contributed by atoms with van der Waals surface area (Å²) >= 11 is 0. The van der Waals surface area contributed by atoms with Gasteiger partial charge in [-0.05, 0) is 48.4 Å². The van der Waals surface area contributed by atoms with E-state index in [1.807, 2.05) is 36.4 Å². The predicted octanol–water partition coefficient (Wildman–Crippen LogP) is 4.28. The molecule has 1 N–H and O–H groups in total. The van der Waals surface area contributed by atoms with Crippen LogP contribution in [0.3, 0.4) is 0 Å². The lowest BCUT2D eigenvalue weighted by Gasteiger charge is -2.19. The number of benzene rings is 3. The van der Waals surface area contributed by atoms with Gasteiger partial charge in [-0.25, -0.2) is 0 Å². The third-order valence-electron chi connectivity index (χ3n) is 5.37. The molecule has 1 saturated heterocycles. The maximum Gasteiger partial charge on any atom is 0.313 e. The number of nitrogens with one attached hydrogen (secondary N) is 1. The Hall–Kier alpha value is -3.93. The van der Waals surface area contributed by atoms with Gasteiger partial charge in [-0.1, -0.05) is 48.5 Å². The van der Waals surface area contributed by atoms with Crippen LogP contribution in [0.2, 0.25) is 0 Å². The van der Waals surface area contributed by atoms with Crippen LogP contribution in [0, 0.1) is 0 Å². The van der Waals surface area contributed by atoms with Gasteiger partial charge in [0.05, 0.1) is 12.5 Å². The molecule has 1 atom stereocenters. The molecule has 3 aromatic carbocycles. The van der Waals surface area contributed by atoms with Crippen LogP contribution in [0.5, 0.6) is 5.75 Å². The molecule has 3 aromatic rings. The number of nitrogens with zero attached hydrogens (tertiary/aromatic N) is 1. The molecule has 1 unspecified atom stereocenters. The van der Waals surface area contributed by atoms with E-state index in [0.29, 0.717) is 24.3 Å². The van der Waals surface area contributed by atoms with Crippen LogP contribution in [0.15, 0.2) is 84.9 Å². The number of hydrogen-bond acceptors (Lipinski definition) is 4. The summed E-state index contributed by atoms with van der Waals surface area (Å²) in [7, 11) is 0. The van der Waals surface area contributed by atoms with Crippen molar-refractivity contribution < 1.29 is 19.1 Å². The lowest BCUT2D eigenvalue weighted by atomic mass is 10.0. The third kappa shape index (κ3) is 5.21. The van der Waals surface area contributed by atoms with Gasteiger partial charge in [0.15, 0.2) is 0 Å². The SMILES string of the molecule is O=C(CC(NC(=O)c1ccccc1)c1ccccc1)Oc1ccc(N2CCCC2=O)cc1. The summed E-state index contributed by atoms with van der Waals surface area (Å²) in [4.78, 5) is 39.0. The predicted molar refractivity (Wildman–Crippen MR) is 121 cm³/mol. The Morgan fingerprint density at radius 3 is 2.19 bits per heavy atom. The average molecular weight is 428 g/mol. The molecule has 1 aliphatic heterocycles. The molecule has 0 spiro atoms. The zero-order valence-corrected chi connectivity index (χ0v) is 17.6. The molecule has 1 fully saturated rings. The molecule has 6 nitrogen and oxygen atoms in total. The van der Waals surface area contributed by atoms with Crippen LogP contribution in [-0.2, 0) is 9.59 Å². The monoisotopic (exact) mass is 428 g/mol. The van der Waals surface area contributed by atoms with Gasteiger partial charge in [-0.2, -0.15) is 0 Å². The van der Waals surface area contributed by atoms with Gasteiger partial charge in [0.2, 0.25) is 5.91 Å². The molecule has 1 heterocycles. The van der Waals surface area contributed by atoms with E-state index in [1.54, 1.807) is 53.4 Å². The molecule has 162 valence electrons. The number of carbonyl (C=O) groups excluding carboxylic acids is 3. The second-order valence-electron chi connectivity index (χ2n) is 7.62. The standard InChI is InChI=1S/C26H24N2O4/c29-24-12-7-17-28(24)21-13-15-22(16-14-21)32-25(30)18-23(19-8-3-1-4-9-19)27-26(31)20-10-5-2-6-11-20/h1-6,8-11,13-16,23H,7,12,17-18H2,(H,27,31). The maximum atomic E-state index is 12.7. The first-order valence-corrected chi connectivity index (χ1v) is 10.6. The van der Waals surface area contributed by atoms with Crippen molar-refractivity contribution in [3.8, 4) is 5.75 Å². The molecule has 0 bridgehead atoms. The minimum absolute atomic E-state index is 0.0189. The summed E-state index contributed by atoms with van der Waals surface area (Å²) in [6.45, 7) is 0.706. The Labute approximate surface area is 186 Å². The largest absolute Gasteiger partial charge is 0.426 e. The number of hydrogen-bond donors (Lipinski definition) is 1. The normalized spacial score (nSPS) is 14.1. The first kappa shape index (κ1) is 21.3. The number of anilines is 1. The Bertz CT molecular complexity index is 1080. The van der Waals surface area contributed by atoms with E-state index >= 15 is 0 Å². The minimum atomic E-state index is -0.530. The maximum absolute atomic E-state index is 12.7. The summed E-state index contributed by atoms with van der Waals surface area (Å²) in [6.07, 6.45) is 1.40. The van der Waals surface area contributed by atoms with E-state index in [2.05, 4.69) is 5.32 Å². The van der Waals surface area contributed by atoms with Crippen molar-refractivity contribution in [2.75, 3.05) is 11.4 Å². The molecule has 0 aromatic heterocycles. The molecule has 4 rings (SSSR count). The zero-order valence-electron chi connectivity index (χ0n) is 17.6. The molecule has 2 amide bonds. The molecule has 0 radical (unpaired) electrons. The summed E-state index contributed by atoms with van der Waals surface area (Å²) in [5, 5.41) is 2.93. The van der Waals surface area contributed by atoms with Crippen molar-refractivity contribution in [3.05, 3.63) is 96.1 Å². The first-order valence-electron chi connectivity index (χ1n) is 10.6. The summed E-state index contributed by atoms with van der Waals surface area (Å²) in [5.41, 5.74) is 2.13. The number of rotatable bonds is 7. The molecule has 32 heavy (non-hydrogen) atoms. The number of ether oxygens (including phenoxy) is 1. The second-order valence-corrected chi connectivity index (χ2v) is 7.62. The number of carbonyl (C=O) groups is 3. The van der Waals surface area contributed by atoms with Gasteiger partial charge >= 0.3 is 5.97 Å². The second kappa shape index (κ2) is 9.92. The van der Waals surface area contributed by atoms with Gasteiger partial charge in [0, 0.05) is 24.2 Å². The van der Waals surface area contributed by atoms with E-state index in [0.717, 1.165) is 17.7 Å². The molecular formula is C26H24N2O4. The lowest BCUT2D eigenvalue weighted by molar-refractivity contribution is -0.135. The van der Waals surface area contributed by atoms with Crippen molar-refractivity contribution in [1.29, 1.82) is 0 Å². The topological polar surface area (TPSA) is 75.7 Å². The lowest BCUT2D eigenvalue weighted by Crippen LogP contribution is -2.31. The van der Waals surface area contributed by atoms with Crippen LogP contribution >= 0.6 is 0 Å². The number of amides is 2. The fourth-order valence-electron chi connectivity index (χ4n) is 3.72. The Morgan fingerprint density at radius 1 is 0.906 bits per heavy atom.